The Bertz CT molecular complexity index is 778. The smallest absolute Gasteiger partial charge is 0.254 e. The Balaban J connectivity index is 1.94. The number of amides is 1. The average molecular weight is 275 g/mol. The number of fused-ring (bicyclic) bond motifs is 3. The summed E-state index contributed by atoms with van der Waals surface area (Å²) in [5.41, 5.74) is 3.82. The Morgan fingerprint density at radius 3 is 2.48 bits per heavy atom. The Hall–Kier alpha value is -2.75. The molecule has 0 atom stereocenters. The first kappa shape index (κ1) is 12.0. The van der Waals surface area contributed by atoms with Crippen LogP contribution < -0.4 is 4.90 Å². The molecule has 2 aliphatic heterocycles. The molecule has 2 heterocycles. The molecule has 0 radical (unpaired) electrons. The van der Waals surface area contributed by atoms with Crippen molar-refractivity contribution in [2.24, 2.45) is 9.98 Å². The quantitative estimate of drug-likeness (QED) is 0.787. The fourth-order valence-corrected chi connectivity index (χ4v) is 2.78. The standard InChI is InChI=1S/C17H13N3O/c21-16-11-18-15-10-19-17(12-6-2-1-3-7-12)13-8-4-5-9-14(13)20(15)16/h1-9H,10-11H2. The summed E-state index contributed by atoms with van der Waals surface area (Å²) in [6, 6.07) is 17.9. The van der Waals surface area contributed by atoms with E-state index in [1.165, 1.54) is 0 Å². The van der Waals surface area contributed by atoms with Gasteiger partial charge in [-0.1, -0.05) is 48.5 Å². The molecule has 2 aliphatic rings. The van der Waals surface area contributed by atoms with Gasteiger partial charge in [0.1, 0.15) is 12.4 Å². The maximum absolute atomic E-state index is 12.1. The van der Waals surface area contributed by atoms with E-state index in [1.807, 2.05) is 54.6 Å². The van der Waals surface area contributed by atoms with Crippen LogP contribution in [0.3, 0.4) is 0 Å². The summed E-state index contributed by atoms with van der Waals surface area (Å²) in [6.07, 6.45) is 0. The molecular formula is C17H13N3O. The van der Waals surface area contributed by atoms with E-state index in [4.69, 9.17) is 4.99 Å². The second kappa shape index (κ2) is 4.66. The predicted octanol–water partition coefficient (Wildman–Crippen LogP) is 2.28. The Kier molecular flexibility index (Phi) is 2.67. The Morgan fingerprint density at radius 1 is 0.857 bits per heavy atom. The van der Waals surface area contributed by atoms with Crippen LogP contribution in [0.5, 0.6) is 0 Å². The van der Waals surface area contributed by atoms with E-state index in [-0.39, 0.29) is 12.5 Å². The molecule has 4 nitrogen and oxygen atoms in total. The first-order chi connectivity index (χ1) is 10.3. The van der Waals surface area contributed by atoms with Crippen molar-refractivity contribution in [2.75, 3.05) is 18.0 Å². The Morgan fingerprint density at radius 2 is 1.62 bits per heavy atom. The van der Waals surface area contributed by atoms with E-state index >= 15 is 0 Å². The molecule has 1 amide bonds. The van der Waals surface area contributed by atoms with Gasteiger partial charge < -0.3 is 0 Å². The summed E-state index contributed by atoms with van der Waals surface area (Å²) >= 11 is 0. The third-order valence-electron chi connectivity index (χ3n) is 3.73. The summed E-state index contributed by atoms with van der Waals surface area (Å²) in [4.78, 5) is 22.8. The number of anilines is 1. The Labute approximate surface area is 122 Å². The maximum atomic E-state index is 12.1. The van der Waals surface area contributed by atoms with E-state index < -0.39 is 0 Å². The molecule has 2 aromatic rings. The fraction of sp³-hybridized carbons (Fsp3) is 0.118. The molecule has 0 aromatic heterocycles. The fourth-order valence-electron chi connectivity index (χ4n) is 2.78. The van der Waals surface area contributed by atoms with Crippen LogP contribution in [-0.2, 0) is 4.79 Å². The minimum atomic E-state index is 0.0157. The van der Waals surface area contributed by atoms with Crippen molar-refractivity contribution >= 4 is 23.1 Å². The zero-order valence-corrected chi connectivity index (χ0v) is 11.4. The van der Waals surface area contributed by atoms with Gasteiger partial charge in [0.2, 0.25) is 0 Å². The first-order valence-electron chi connectivity index (χ1n) is 6.90. The number of carbonyl (C=O) groups is 1. The van der Waals surface area contributed by atoms with Crippen LogP contribution in [0.4, 0.5) is 5.69 Å². The van der Waals surface area contributed by atoms with Crippen LogP contribution >= 0.6 is 0 Å². The van der Waals surface area contributed by atoms with Crippen LogP contribution in [0.15, 0.2) is 64.6 Å². The van der Waals surface area contributed by atoms with Crippen LogP contribution in [-0.4, -0.2) is 30.5 Å². The first-order valence-corrected chi connectivity index (χ1v) is 6.90. The molecule has 0 saturated heterocycles. The average Bonchev–Trinajstić information content (AvgIpc) is 2.81. The van der Waals surface area contributed by atoms with Crippen molar-refractivity contribution in [1.82, 2.24) is 0 Å². The zero-order valence-electron chi connectivity index (χ0n) is 11.4. The molecular weight excluding hydrogens is 262 g/mol. The topological polar surface area (TPSA) is 45.0 Å². The SMILES string of the molecule is O=C1CN=C2CN=C(c3ccccc3)c3ccccc3N12. The number of hydrogen-bond donors (Lipinski definition) is 0. The minimum Gasteiger partial charge on any atom is -0.276 e. The molecule has 102 valence electrons. The summed E-state index contributed by atoms with van der Waals surface area (Å²) < 4.78 is 0. The van der Waals surface area contributed by atoms with Gasteiger partial charge in [-0.2, -0.15) is 0 Å². The van der Waals surface area contributed by atoms with E-state index in [0.717, 1.165) is 28.4 Å². The highest BCUT2D eigenvalue weighted by molar-refractivity contribution is 6.28. The minimum absolute atomic E-state index is 0.0157. The highest BCUT2D eigenvalue weighted by Crippen LogP contribution is 2.28. The highest BCUT2D eigenvalue weighted by Gasteiger charge is 2.31. The summed E-state index contributed by atoms with van der Waals surface area (Å²) in [5, 5.41) is 0. The number of rotatable bonds is 1. The van der Waals surface area contributed by atoms with Gasteiger partial charge in [-0.3, -0.25) is 19.7 Å². The number of carbonyl (C=O) groups excluding carboxylic acids is 1. The van der Waals surface area contributed by atoms with Gasteiger partial charge in [-0.25, -0.2) is 0 Å². The molecule has 0 aliphatic carbocycles. The lowest BCUT2D eigenvalue weighted by Crippen LogP contribution is -2.33. The summed E-state index contributed by atoms with van der Waals surface area (Å²) in [7, 11) is 0. The zero-order chi connectivity index (χ0) is 14.2. The van der Waals surface area contributed by atoms with Gasteiger partial charge in [0.25, 0.3) is 5.91 Å². The largest absolute Gasteiger partial charge is 0.276 e. The van der Waals surface area contributed by atoms with Gasteiger partial charge in [0, 0.05) is 11.1 Å². The lowest BCUT2D eigenvalue weighted by molar-refractivity contribution is -0.115. The van der Waals surface area contributed by atoms with Crippen LogP contribution in [0.25, 0.3) is 0 Å². The number of benzene rings is 2. The van der Waals surface area contributed by atoms with Crippen molar-refractivity contribution in [3.63, 3.8) is 0 Å². The number of hydrogen-bond acceptors (Lipinski definition) is 3. The molecule has 0 saturated carbocycles. The molecule has 0 bridgehead atoms. The number of aliphatic imine (C=N–C) groups is 2. The van der Waals surface area contributed by atoms with Gasteiger partial charge in [0.15, 0.2) is 0 Å². The second-order valence-corrected chi connectivity index (χ2v) is 5.01. The number of amidine groups is 1. The maximum Gasteiger partial charge on any atom is 0.254 e. The summed E-state index contributed by atoms with van der Waals surface area (Å²) in [6.45, 7) is 0.657. The van der Waals surface area contributed by atoms with E-state index in [0.29, 0.717) is 6.54 Å². The molecule has 2 aromatic carbocycles. The predicted molar refractivity (Wildman–Crippen MR) is 83.2 cm³/mol. The van der Waals surface area contributed by atoms with Crippen molar-refractivity contribution < 1.29 is 4.79 Å². The van der Waals surface area contributed by atoms with E-state index in [9.17, 15) is 4.79 Å². The highest BCUT2D eigenvalue weighted by atomic mass is 16.2. The molecule has 0 N–H and O–H groups in total. The molecule has 0 unspecified atom stereocenters. The third kappa shape index (κ3) is 1.88. The normalized spacial score (nSPS) is 16.8. The lowest BCUT2D eigenvalue weighted by Gasteiger charge is -2.18. The van der Waals surface area contributed by atoms with Crippen LogP contribution in [0, 0.1) is 0 Å². The molecule has 4 heteroatoms. The van der Waals surface area contributed by atoms with Gasteiger partial charge in [0.05, 0.1) is 17.9 Å². The van der Waals surface area contributed by atoms with Crippen LogP contribution in [0.1, 0.15) is 11.1 Å². The lowest BCUT2D eigenvalue weighted by atomic mass is 10.0. The van der Waals surface area contributed by atoms with Gasteiger partial charge >= 0.3 is 0 Å². The second-order valence-electron chi connectivity index (χ2n) is 5.01. The third-order valence-corrected chi connectivity index (χ3v) is 3.73. The van der Waals surface area contributed by atoms with Crippen molar-refractivity contribution in [2.45, 2.75) is 0 Å². The molecule has 21 heavy (non-hydrogen) atoms. The van der Waals surface area contributed by atoms with Crippen molar-refractivity contribution in [1.29, 1.82) is 0 Å². The molecule has 0 fully saturated rings. The number of para-hydroxylation sites is 1. The van der Waals surface area contributed by atoms with E-state index in [1.54, 1.807) is 4.90 Å². The molecule has 0 spiro atoms. The van der Waals surface area contributed by atoms with Crippen LogP contribution in [0.2, 0.25) is 0 Å². The number of nitrogens with zero attached hydrogens (tertiary/aromatic N) is 3. The van der Waals surface area contributed by atoms with Gasteiger partial charge in [-0.05, 0) is 6.07 Å². The van der Waals surface area contributed by atoms with E-state index in [2.05, 4.69) is 4.99 Å². The monoisotopic (exact) mass is 275 g/mol. The van der Waals surface area contributed by atoms with Crippen molar-refractivity contribution in [3.8, 4) is 0 Å². The van der Waals surface area contributed by atoms with Crippen molar-refractivity contribution in [3.05, 3.63) is 65.7 Å². The molecule has 4 rings (SSSR count). The summed E-state index contributed by atoms with van der Waals surface area (Å²) in [5.74, 6) is 0.750. The van der Waals surface area contributed by atoms with Gasteiger partial charge in [-0.15, -0.1) is 0 Å².